The van der Waals surface area contributed by atoms with E-state index in [0.29, 0.717) is 5.92 Å². The van der Waals surface area contributed by atoms with Crippen molar-refractivity contribution >= 4 is 16.5 Å². The number of nitrogens with one attached hydrogen (secondary N) is 1. The van der Waals surface area contributed by atoms with Gasteiger partial charge < -0.3 is 5.32 Å². The van der Waals surface area contributed by atoms with Gasteiger partial charge in [-0.05, 0) is 39.9 Å². The Balaban J connectivity index is 1.77. The molecule has 0 amide bonds. The van der Waals surface area contributed by atoms with Crippen LogP contribution in [0.25, 0.3) is 10.8 Å². The molecule has 0 spiro atoms. The van der Waals surface area contributed by atoms with Gasteiger partial charge in [0.15, 0.2) is 0 Å². The predicted octanol–water partition coefficient (Wildman–Crippen LogP) is 5.58. The lowest BCUT2D eigenvalue weighted by atomic mass is 10.0. The standard InChI is InChI=1S/C20H21N/c1-15(2)16-10-12-19(13-11-16)21-14-18-8-5-7-17-6-3-4-9-20(17)18/h3-13,15,21H,14H2,1-2H3. The summed E-state index contributed by atoms with van der Waals surface area (Å²) in [6.07, 6.45) is 0. The summed E-state index contributed by atoms with van der Waals surface area (Å²) in [5, 5.41) is 6.14. The summed E-state index contributed by atoms with van der Waals surface area (Å²) in [6.45, 7) is 5.29. The highest BCUT2D eigenvalue weighted by Gasteiger charge is 2.01. The first-order valence-corrected chi connectivity index (χ1v) is 7.54. The molecular weight excluding hydrogens is 254 g/mol. The summed E-state index contributed by atoms with van der Waals surface area (Å²) < 4.78 is 0. The molecule has 0 atom stereocenters. The Bertz CT molecular complexity index is 721. The summed E-state index contributed by atoms with van der Waals surface area (Å²) in [4.78, 5) is 0. The average Bonchev–Trinajstić information content (AvgIpc) is 2.53. The van der Waals surface area contributed by atoms with Crippen LogP contribution in [0.4, 0.5) is 5.69 Å². The van der Waals surface area contributed by atoms with Gasteiger partial charge in [0.1, 0.15) is 0 Å². The summed E-state index contributed by atoms with van der Waals surface area (Å²) in [6, 6.07) is 23.8. The number of rotatable bonds is 4. The predicted molar refractivity (Wildman–Crippen MR) is 91.8 cm³/mol. The van der Waals surface area contributed by atoms with Crippen molar-refractivity contribution in [3.05, 3.63) is 77.9 Å². The molecule has 0 heterocycles. The van der Waals surface area contributed by atoms with Crippen LogP contribution in [0.1, 0.15) is 30.9 Å². The van der Waals surface area contributed by atoms with Crippen LogP contribution in [0.3, 0.4) is 0 Å². The molecule has 1 heteroatoms. The topological polar surface area (TPSA) is 12.0 Å². The van der Waals surface area contributed by atoms with Crippen molar-refractivity contribution < 1.29 is 0 Å². The number of benzene rings is 3. The SMILES string of the molecule is CC(C)c1ccc(NCc2cccc3ccccc23)cc1. The fraction of sp³-hybridized carbons (Fsp3) is 0.200. The Labute approximate surface area is 126 Å². The molecule has 3 aromatic carbocycles. The molecule has 3 rings (SSSR count). The van der Waals surface area contributed by atoms with Gasteiger partial charge in [0, 0.05) is 12.2 Å². The minimum atomic E-state index is 0.581. The zero-order valence-corrected chi connectivity index (χ0v) is 12.6. The quantitative estimate of drug-likeness (QED) is 0.656. The fourth-order valence-corrected chi connectivity index (χ4v) is 2.63. The van der Waals surface area contributed by atoms with E-state index >= 15 is 0 Å². The van der Waals surface area contributed by atoms with E-state index in [4.69, 9.17) is 0 Å². The van der Waals surface area contributed by atoms with Crippen molar-refractivity contribution in [2.45, 2.75) is 26.3 Å². The maximum Gasteiger partial charge on any atom is 0.0406 e. The average molecular weight is 275 g/mol. The van der Waals surface area contributed by atoms with Crippen LogP contribution in [0, 0.1) is 0 Å². The van der Waals surface area contributed by atoms with Crippen LogP contribution in [-0.2, 0) is 6.54 Å². The van der Waals surface area contributed by atoms with Crippen molar-refractivity contribution in [3.8, 4) is 0 Å². The molecule has 1 nitrogen and oxygen atoms in total. The van der Waals surface area contributed by atoms with E-state index in [1.807, 2.05) is 0 Å². The second-order valence-corrected chi connectivity index (χ2v) is 5.77. The highest BCUT2D eigenvalue weighted by atomic mass is 14.9. The number of hydrogen-bond acceptors (Lipinski definition) is 1. The van der Waals surface area contributed by atoms with Crippen LogP contribution in [0.5, 0.6) is 0 Å². The molecule has 3 aromatic rings. The Hall–Kier alpha value is -2.28. The summed E-state index contributed by atoms with van der Waals surface area (Å²) in [7, 11) is 0. The van der Waals surface area contributed by atoms with E-state index in [1.54, 1.807) is 0 Å². The van der Waals surface area contributed by atoms with Gasteiger partial charge in [0.25, 0.3) is 0 Å². The minimum Gasteiger partial charge on any atom is -0.381 e. The van der Waals surface area contributed by atoms with Crippen LogP contribution >= 0.6 is 0 Å². The molecule has 0 aliphatic heterocycles. The highest BCUT2D eigenvalue weighted by Crippen LogP contribution is 2.21. The van der Waals surface area contributed by atoms with Gasteiger partial charge in [0.2, 0.25) is 0 Å². The summed E-state index contributed by atoms with van der Waals surface area (Å²) in [5.74, 6) is 0.581. The first-order chi connectivity index (χ1) is 10.2. The molecule has 21 heavy (non-hydrogen) atoms. The van der Waals surface area contributed by atoms with Gasteiger partial charge in [-0.3, -0.25) is 0 Å². The Kier molecular flexibility index (Phi) is 3.92. The smallest absolute Gasteiger partial charge is 0.0406 e. The van der Waals surface area contributed by atoms with E-state index in [2.05, 4.69) is 85.9 Å². The summed E-state index contributed by atoms with van der Waals surface area (Å²) in [5.41, 5.74) is 3.89. The van der Waals surface area contributed by atoms with Crippen LogP contribution in [0.2, 0.25) is 0 Å². The first-order valence-electron chi connectivity index (χ1n) is 7.54. The van der Waals surface area contributed by atoms with E-state index in [9.17, 15) is 0 Å². The van der Waals surface area contributed by atoms with E-state index in [0.717, 1.165) is 6.54 Å². The molecule has 0 saturated carbocycles. The molecule has 1 N–H and O–H groups in total. The van der Waals surface area contributed by atoms with E-state index in [1.165, 1.54) is 27.6 Å². The van der Waals surface area contributed by atoms with Gasteiger partial charge in [0.05, 0.1) is 0 Å². The Morgan fingerprint density at radius 2 is 1.52 bits per heavy atom. The fourth-order valence-electron chi connectivity index (χ4n) is 2.63. The van der Waals surface area contributed by atoms with E-state index < -0.39 is 0 Å². The second-order valence-electron chi connectivity index (χ2n) is 5.77. The zero-order chi connectivity index (χ0) is 14.7. The van der Waals surface area contributed by atoms with E-state index in [-0.39, 0.29) is 0 Å². The molecule has 0 unspecified atom stereocenters. The second kappa shape index (κ2) is 6.01. The Morgan fingerprint density at radius 3 is 2.29 bits per heavy atom. The Morgan fingerprint density at radius 1 is 0.810 bits per heavy atom. The number of anilines is 1. The normalized spacial score (nSPS) is 11.0. The number of hydrogen-bond donors (Lipinski definition) is 1. The third-order valence-electron chi connectivity index (χ3n) is 3.94. The lowest BCUT2D eigenvalue weighted by Crippen LogP contribution is -2.00. The maximum atomic E-state index is 3.52. The van der Waals surface area contributed by atoms with Gasteiger partial charge >= 0.3 is 0 Å². The first kappa shape index (κ1) is 13.7. The molecule has 0 aliphatic rings. The molecule has 106 valence electrons. The third kappa shape index (κ3) is 3.08. The molecule has 0 aliphatic carbocycles. The number of fused-ring (bicyclic) bond motifs is 1. The zero-order valence-electron chi connectivity index (χ0n) is 12.6. The minimum absolute atomic E-state index is 0.581. The highest BCUT2D eigenvalue weighted by molar-refractivity contribution is 5.85. The lowest BCUT2D eigenvalue weighted by Gasteiger charge is -2.11. The third-order valence-corrected chi connectivity index (χ3v) is 3.94. The van der Waals surface area contributed by atoms with Crippen LogP contribution in [-0.4, -0.2) is 0 Å². The van der Waals surface area contributed by atoms with Crippen LogP contribution in [0.15, 0.2) is 66.7 Å². The maximum absolute atomic E-state index is 3.52. The molecule has 0 radical (unpaired) electrons. The lowest BCUT2D eigenvalue weighted by molar-refractivity contribution is 0.867. The van der Waals surface area contributed by atoms with Gasteiger partial charge in [-0.25, -0.2) is 0 Å². The van der Waals surface area contributed by atoms with Crippen LogP contribution < -0.4 is 5.32 Å². The van der Waals surface area contributed by atoms with Gasteiger partial charge in [-0.1, -0.05) is 68.4 Å². The van der Waals surface area contributed by atoms with Crippen molar-refractivity contribution in [2.75, 3.05) is 5.32 Å². The molecule has 0 aromatic heterocycles. The molecule has 0 fully saturated rings. The van der Waals surface area contributed by atoms with Crippen molar-refractivity contribution in [1.82, 2.24) is 0 Å². The molecule has 0 saturated heterocycles. The van der Waals surface area contributed by atoms with Gasteiger partial charge in [-0.15, -0.1) is 0 Å². The molecule has 0 bridgehead atoms. The van der Waals surface area contributed by atoms with Crippen molar-refractivity contribution in [1.29, 1.82) is 0 Å². The monoisotopic (exact) mass is 275 g/mol. The van der Waals surface area contributed by atoms with Gasteiger partial charge in [-0.2, -0.15) is 0 Å². The largest absolute Gasteiger partial charge is 0.381 e. The van der Waals surface area contributed by atoms with Crippen molar-refractivity contribution in [3.63, 3.8) is 0 Å². The molecular formula is C20H21N. The summed E-state index contributed by atoms with van der Waals surface area (Å²) >= 11 is 0. The van der Waals surface area contributed by atoms with Crippen molar-refractivity contribution in [2.24, 2.45) is 0 Å².